The standard InChI is InChI=1S/C16H16N2O/c1-11(12-6-8-17-9-7-12)13-10-18-14-4-3-5-15(19-2)16(13)14/h3-11,18H,1-2H3. The Morgan fingerprint density at radius 2 is 1.95 bits per heavy atom. The van der Waals surface area contributed by atoms with Crippen LogP contribution < -0.4 is 4.74 Å². The Labute approximate surface area is 112 Å². The molecule has 1 aromatic carbocycles. The van der Waals surface area contributed by atoms with E-state index >= 15 is 0 Å². The fourth-order valence-corrected chi connectivity index (χ4v) is 2.52. The molecule has 1 unspecified atom stereocenters. The number of benzene rings is 1. The highest BCUT2D eigenvalue weighted by atomic mass is 16.5. The van der Waals surface area contributed by atoms with Crippen molar-refractivity contribution in [2.75, 3.05) is 7.11 Å². The third kappa shape index (κ3) is 1.97. The number of nitrogens with zero attached hydrogens (tertiary/aromatic N) is 1. The summed E-state index contributed by atoms with van der Waals surface area (Å²) in [7, 11) is 1.71. The normalized spacial score (nSPS) is 12.5. The Kier molecular flexibility index (Phi) is 2.95. The lowest BCUT2D eigenvalue weighted by atomic mass is 9.93. The van der Waals surface area contributed by atoms with Crippen LogP contribution in [-0.4, -0.2) is 17.1 Å². The topological polar surface area (TPSA) is 37.9 Å². The van der Waals surface area contributed by atoms with Crippen LogP contribution in [-0.2, 0) is 0 Å². The molecule has 0 amide bonds. The summed E-state index contributed by atoms with van der Waals surface area (Å²) in [6.07, 6.45) is 5.73. The number of hydrogen-bond acceptors (Lipinski definition) is 2. The maximum atomic E-state index is 5.48. The summed E-state index contributed by atoms with van der Waals surface area (Å²) in [6.45, 7) is 2.20. The molecule has 3 rings (SSSR count). The number of hydrogen-bond donors (Lipinski definition) is 1. The summed E-state index contributed by atoms with van der Waals surface area (Å²) in [6, 6.07) is 10.2. The molecular formula is C16H16N2O. The van der Waals surface area contributed by atoms with Crippen molar-refractivity contribution in [1.82, 2.24) is 9.97 Å². The first-order valence-electron chi connectivity index (χ1n) is 6.35. The van der Waals surface area contributed by atoms with Crippen molar-refractivity contribution >= 4 is 10.9 Å². The van der Waals surface area contributed by atoms with Crippen LogP contribution in [0.1, 0.15) is 24.0 Å². The van der Waals surface area contributed by atoms with Gasteiger partial charge >= 0.3 is 0 Å². The van der Waals surface area contributed by atoms with Gasteiger partial charge in [0.2, 0.25) is 0 Å². The van der Waals surface area contributed by atoms with Crippen molar-refractivity contribution in [2.24, 2.45) is 0 Å². The molecule has 1 atom stereocenters. The molecule has 2 heterocycles. The number of pyridine rings is 1. The van der Waals surface area contributed by atoms with Crippen LogP contribution in [0.2, 0.25) is 0 Å². The Bertz CT molecular complexity index is 688. The number of nitrogens with one attached hydrogen (secondary N) is 1. The monoisotopic (exact) mass is 252 g/mol. The summed E-state index contributed by atoms with van der Waals surface area (Å²) in [5.74, 6) is 1.21. The molecule has 0 aliphatic rings. The molecule has 0 saturated carbocycles. The van der Waals surface area contributed by atoms with Crippen LogP contribution in [0.25, 0.3) is 10.9 Å². The van der Waals surface area contributed by atoms with Gasteiger partial charge in [0, 0.05) is 35.4 Å². The number of methoxy groups -OCH3 is 1. The van der Waals surface area contributed by atoms with Gasteiger partial charge in [0.15, 0.2) is 0 Å². The first kappa shape index (κ1) is 11.8. The van der Waals surface area contributed by atoms with Crippen LogP contribution in [0.4, 0.5) is 0 Å². The highest BCUT2D eigenvalue weighted by Crippen LogP contribution is 2.35. The Morgan fingerprint density at radius 3 is 2.68 bits per heavy atom. The lowest BCUT2D eigenvalue weighted by Gasteiger charge is -2.12. The number of fused-ring (bicyclic) bond motifs is 1. The molecule has 0 bridgehead atoms. The molecular weight excluding hydrogens is 236 g/mol. The van der Waals surface area contributed by atoms with E-state index in [1.54, 1.807) is 7.11 Å². The van der Waals surface area contributed by atoms with Gasteiger partial charge in [-0.15, -0.1) is 0 Å². The zero-order chi connectivity index (χ0) is 13.2. The second-order valence-corrected chi connectivity index (χ2v) is 4.63. The molecule has 1 N–H and O–H groups in total. The van der Waals surface area contributed by atoms with Gasteiger partial charge in [-0.25, -0.2) is 0 Å². The van der Waals surface area contributed by atoms with Gasteiger partial charge in [-0.1, -0.05) is 13.0 Å². The predicted octanol–water partition coefficient (Wildman–Crippen LogP) is 3.72. The van der Waals surface area contributed by atoms with E-state index in [9.17, 15) is 0 Å². The molecule has 3 heteroatoms. The van der Waals surface area contributed by atoms with E-state index in [0.717, 1.165) is 16.7 Å². The smallest absolute Gasteiger partial charge is 0.128 e. The molecule has 96 valence electrons. The summed E-state index contributed by atoms with van der Waals surface area (Å²) in [5.41, 5.74) is 3.61. The average molecular weight is 252 g/mol. The summed E-state index contributed by atoms with van der Waals surface area (Å²) < 4.78 is 5.48. The molecule has 19 heavy (non-hydrogen) atoms. The SMILES string of the molecule is COc1cccc2[nH]cc(C(C)c3ccncc3)c12. The van der Waals surface area contributed by atoms with Gasteiger partial charge in [0.25, 0.3) is 0 Å². The zero-order valence-electron chi connectivity index (χ0n) is 11.1. The third-order valence-electron chi connectivity index (χ3n) is 3.59. The molecule has 0 saturated heterocycles. The maximum Gasteiger partial charge on any atom is 0.128 e. The molecule has 0 fully saturated rings. The van der Waals surface area contributed by atoms with Crippen LogP contribution in [0.15, 0.2) is 48.9 Å². The van der Waals surface area contributed by atoms with E-state index in [2.05, 4.69) is 41.3 Å². The fourth-order valence-electron chi connectivity index (χ4n) is 2.52. The highest BCUT2D eigenvalue weighted by Gasteiger charge is 2.16. The maximum absolute atomic E-state index is 5.48. The Morgan fingerprint density at radius 1 is 1.16 bits per heavy atom. The molecule has 3 aromatic rings. The molecule has 0 aliphatic heterocycles. The van der Waals surface area contributed by atoms with Crippen molar-refractivity contribution in [3.63, 3.8) is 0 Å². The van der Waals surface area contributed by atoms with Crippen LogP contribution >= 0.6 is 0 Å². The second-order valence-electron chi connectivity index (χ2n) is 4.63. The van der Waals surface area contributed by atoms with Gasteiger partial charge in [-0.3, -0.25) is 4.98 Å². The summed E-state index contributed by atoms with van der Waals surface area (Å²) >= 11 is 0. The number of H-pyrrole nitrogens is 1. The lowest BCUT2D eigenvalue weighted by Crippen LogP contribution is -1.96. The van der Waals surface area contributed by atoms with Crippen molar-refractivity contribution in [3.05, 3.63) is 60.0 Å². The minimum Gasteiger partial charge on any atom is -0.496 e. The second kappa shape index (κ2) is 4.76. The molecule has 0 spiro atoms. The predicted molar refractivity (Wildman–Crippen MR) is 76.6 cm³/mol. The largest absolute Gasteiger partial charge is 0.496 e. The van der Waals surface area contributed by atoms with E-state index in [1.807, 2.05) is 24.5 Å². The zero-order valence-corrected chi connectivity index (χ0v) is 11.1. The summed E-state index contributed by atoms with van der Waals surface area (Å²) in [4.78, 5) is 7.39. The van der Waals surface area contributed by atoms with Gasteiger partial charge in [0.05, 0.1) is 7.11 Å². The Hall–Kier alpha value is -2.29. The van der Waals surface area contributed by atoms with Crippen LogP contribution in [0.3, 0.4) is 0 Å². The minimum atomic E-state index is 0.299. The first-order valence-corrected chi connectivity index (χ1v) is 6.35. The quantitative estimate of drug-likeness (QED) is 0.771. The molecule has 0 radical (unpaired) electrons. The van der Waals surface area contributed by atoms with E-state index < -0.39 is 0 Å². The number of aromatic amines is 1. The first-order chi connectivity index (χ1) is 9.31. The van der Waals surface area contributed by atoms with Gasteiger partial charge in [-0.2, -0.15) is 0 Å². The number of ether oxygens (including phenoxy) is 1. The molecule has 0 aliphatic carbocycles. The van der Waals surface area contributed by atoms with Gasteiger partial charge < -0.3 is 9.72 Å². The van der Waals surface area contributed by atoms with Gasteiger partial charge in [-0.05, 0) is 35.4 Å². The van der Waals surface area contributed by atoms with Crippen LogP contribution in [0.5, 0.6) is 5.75 Å². The van der Waals surface area contributed by atoms with E-state index in [-0.39, 0.29) is 0 Å². The van der Waals surface area contributed by atoms with E-state index in [0.29, 0.717) is 5.92 Å². The van der Waals surface area contributed by atoms with Crippen LogP contribution in [0, 0.1) is 0 Å². The van der Waals surface area contributed by atoms with Crippen molar-refractivity contribution in [3.8, 4) is 5.75 Å². The molecule has 3 nitrogen and oxygen atoms in total. The van der Waals surface area contributed by atoms with Crippen molar-refractivity contribution in [1.29, 1.82) is 0 Å². The van der Waals surface area contributed by atoms with Crippen molar-refractivity contribution < 1.29 is 4.74 Å². The summed E-state index contributed by atoms with van der Waals surface area (Å²) in [5, 5.41) is 1.16. The molecule has 2 aromatic heterocycles. The average Bonchev–Trinajstić information content (AvgIpc) is 2.91. The number of rotatable bonds is 3. The third-order valence-corrected chi connectivity index (χ3v) is 3.59. The Balaban J connectivity index is 2.15. The fraction of sp³-hybridized carbons (Fsp3) is 0.188. The van der Waals surface area contributed by atoms with E-state index in [1.165, 1.54) is 11.1 Å². The number of aromatic nitrogens is 2. The highest BCUT2D eigenvalue weighted by molar-refractivity contribution is 5.90. The van der Waals surface area contributed by atoms with E-state index in [4.69, 9.17) is 4.74 Å². The minimum absolute atomic E-state index is 0.299. The van der Waals surface area contributed by atoms with Crippen molar-refractivity contribution in [2.45, 2.75) is 12.8 Å². The van der Waals surface area contributed by atoms with Gasteiger partial charge in [0.1, 0.15) is 5.75 Å². The lowest BCUT2D eigenvalue weighted by molar-refractivity contribution is 0.419.